The van der Waals surface area contributed by atoms with Crippen LogP contribution < -0.4 is 15.2 Å². The first kappa shape index (κ1) is 10.1. The van der Waals surface area contributed by atoms with Gasteiger partial charge in [0.05, 0.1) is 5.56 Å². The average molecular weight is 228 g/mol. The average Bonchev–Trinajstić information content (AvgIpc) is 2.15. The summed E-state index contributed by atoms with van der Waals surface area (Å²) in [5, 5.41) is 0.403. The Bertz CT molecular complexity index is 419. The first-order valence-corrected chi connectivity index (χ1v) is 4.88. The van der Waals surface area contributed by atoms with Gasteiger partial charge in [-0.15, -0.1) is 0 Å². The van der Waals surface area contributed by atoms with E-state index in [4.69, 9.17) is 26.8 Å². The molecule has 1 aliphatic heterocycles. The molecular formula is C10H10ClNO3. The van der Waals surface area contributed by atoms with Gasteiger partial charge >= 0.3 is 0 Å². The third-order valence-electron chi connectivity index (χ3n) is 2.08. The van der Waals surface area contributed by atoms with Crippen LogP contribution in [0.1, 0.15) is 17.3 Å². The molecule has 0 fully saturated rings. The molecule has 0 saturated carbocycles. The number of ether oxygens (including phenoxy) is 2. The molecule has 1 aromatic carbocycles. The molecule has 1 atom stereocenters. The molecule has 5 heteroatoms. The summed E-state index contributed by atoms with van der Waals surface area (Å²) < 4.78 is 10.9. The Balaban J connectivity index is 2.54. The molecule has 0 aromatic heterocycles. The summed E-state index contributed by atoms with van der Waals surface area (Å²) in [6, 6.07) is 3.08. The molecule has 1 amide bonds. The second-order valence-corrected chi connectivity index (χ2v) is 3.82. The van der Waals surface area contributed by atoms with E-state index in [2.05, 4.69) is 0 Å². The van der Waals surface area contributed by atoms with Gasteiger partial charge in [0.1, 0.15) is 12.7 Å². The Kier molecular flexibility index (Phi) is 2.44. The van der Waals surface area contributed by atoms with E-state index in [9.17, 15) is 4.79 Å². The Morgan fingerprint density at radius 3 is 3.00 bits per heavy atom. The van der Waals surface area contributed by atoms with E-state index in [1.54, 1.807) is 6.07 Å². The lowest BCUT2D eigenvalue weighted by atomic mass is 10.1. The number of nitrogens with two attached hydrogens (primary N) is 1. The van der Waals surface area contributed by atoms with Crippen LogP contribution in [0.5, 0.6) is 11.5 Å². The Morgan fingerprint density at radius 1 is 1.60 bits per heavy atom. The molecule has 0 aliphatic carbocycles. The van der Waals surface area contributed by atoms with Gasteiger partial charge in [0.25, 0.3) is 5.91 Å². The van der Waals surface area contributed by atoms with Gasteiger partial charge in [-0.05, 0) is 13.0 Å². The van der Waals surface area contributed by atoms with Gasteiger partial charge in [-0.1, -0.05) is 11.6 Å². The number of rotatable bonds is 1. The van der Waals surface area contributed by atoms with Gasteiger partial charge < -0.3 is 15.2 Å². The summed E-state index contributed by atoms with van der Waals surface area (Å²) in [6.45, 7) is 2.27. The first-order valence-electron chi connectivity index (χ1n) is 4.50. The van der Waals surface area contributed by atoms with E-state index in [0.29, 0.717) is 23.1 Å². The number of carbonyl (C=O) groups is 1. The molecular weight excluding hydrogens is 218 g/mol. The largest absolute Gasteiger partial charge is 0.485 e. The van der Waals surface area contributed by atoms with Gasteiger partial charge in [-0.3, -0.25) is 4.79 Å². The van der Waals surface area contributed by atoms with Crippen LogP contribution in [0.2, 0.25) is 5.02 Å². The molecule has 1 unspecified atom stereocenters. The fraction of sp³-hybridized carbons (Fsp3) is 0.300. The summed E-state index contributed by atoms with van der Waals surface area (Å²) in [5.41, 5.74) is 5.46. The molecule has 15 heavy (non-hydrogen) atoms. The van der Waals surface area contributed by atoms with E-state index in [1.165, 1.54) is 6.07 Å². The highest BCUT2D eigenvalue weighted by molar-refractivity contribution is 6.31. The Hall–Kier alpha value is -1.42. The summed E-state index contributed by atoms with van der Waals surface area (Å²) in [7, 11) is 0. The second-order valence-electron chi connectivity index (χ2n) is 3.38. The third kappa shape index (κ3) is 1.85. The molecule has 4 nitrogen and oxygen atoms in total. The normalized spacial score (nSPS) is 18.7. The fourth-order valence-electron chi connectivity index (χ4n) is 1.44. The van der Waals surface area contributed by atoms with Crippen molar-refractivity contribution in [2.45, 2.75) is 13.0 Å². The molecule has 0 radical (unpaired) electrons. The lowest BCUT2D eigenvalue weighted by Gasteiger charge is -2.25. The van der Waals surface area contributed by atoms with Crippen LogP contribution in [-0.4, -0.2) is 18.6 Å². The van der Waals surface area contributed by atoms with Crippen molar-refractivity contribution in [1.29, 1.82) is 0 Å². The molecule has 0 bridgehead atoms. The van der Waals surface area contributed by atoms with Crippen LogP contribution in [0.25, 0.3) is 0 Å². The number of amides is 1. The summed E-state index contributed by atoms with van der Waals surface area (Å²) >= 11 is 5.83. The molecule has 0 spiro atoms. The van der Waals surface area contributed by atoms with E-state index in [1.807, 2.05) is 6.92 Å². The van der Waals surface area contributed by atoms with Gasteiger partial charge in [0, 0.05) is 11.1 Å². The summed E-state index contributed by atoms with van der Waals surface area (Å²) in [4.78, 5) is 11.1. The standard InChI is InChI=1S/C10H10ClNO3/c1-5-4-14-9-7(10(12)13)2-6(11)3-8(9)15-5/h2-3,5H,4H2,1H3,(H2,12,13). The zero-order valence-corrected chi connectivity index (χ0v) is 8.88. The zero-order valence-electron chi connectivity index (χ0n) is 8.12. The minimum Gasteiger partial charge on any atom is -0.485 e. The van der Waals surface area contributed by atoms with Crippen LogP contribution in [0.15, 0.2) is 12.1 Å². The maximum atomic E-state index is 11.1. The number of primary amides is 1. The predicted octanol–water partition coefficient (Wildman–Crippen LogP) is 1.60. The first-order chi connectivity index (χ1) is 7.08. The maximum absolute atomic E-state index is 11.1. The van der Waals surface area contributed by atoms with Gasteiger partial charge in [-0.25, -0.2) is 0 Å². The molecule has 1 heterocycles. The summed E-state index contributed by atoms with van der Waals surface area (Å²) in [6.07, 6.45) is -0.0586. The van der Waals surface area contributed by atoms with Crippen LogP contribution >= 0.6 is 11.6 Å². The van der Waals surface area contributed by atoms with Crippen molar-refractivity contribution in [2.24, 2.45) is 5.73 Å². The van der Waals surface area contributed by atoms with Gasteiger partial charge in [0.15, 0.2) is 11.5 Å². The molecule has 0 saturated heterocycles. The van der Waals surface area contributed by atoms with Crippen molar-refractivity contribution in [3.05, 3.63) is 22.7 Å². The topological polar surface area (TPSA) is 61.5 Å². The number of benzene rings is 1. The fourth-order valence-corrected chi connectivity index (χ4v) is 1.65. The molecule has 80 valence electrons. The SMILES string of the molecule is CC1COc2c(cc(Cl)cc2C(N)=O)O1. The monoisotopic (exact) mass is 227 g/mol. The molecule has 1 aromatic rings. The number of carbonyl (C=O) groups excluding carboxylic acids is 1. The minimum atomic E-state index is -0.577. The lowest BCUT2D eigenvalue weighted by molar-refractivity contribution is 0.0934. The van der Waals surface area contributed by atoms with Crippen LogP contribution in [0, 0.1) is 0 Å². The predicted molar refractivity (Wildman–Crippen MR) is 55.6 cm³/mol. The van der Waals surface area contributed by atoms with Crippen molar-refractivity contribution in [3.63, 3.8) is 0 Å². The smallest absolute Gasteiger partial charge is 0.252 e. The third-order valence-corrected chi connectivity index (χ3v) is 2.29. The Labute approximate surface area is 91.9 Å². The minimum absolute atomic E-state index is 0.0586. The number of hydrogen-bond acceptors (Lipinski definition) is 3. The molecule has 2 rings (SSSR count). The second kappa shape index (κ2) is 3.62. The van der Waals surface area contributed by atoms with Crippen molar-refractivity contribution >= 4 is 17.5 Å². The van der Waals surface area contributed by atoms with Crippen LogP contribution in [0.3, 0.4) is 0 Å². The van der Waals surface area contributed by atoms with Crippen molar-refractivity contribution in [1.82, 2.24) is 0 Å². The van der Waals surface area contributed by atoms with E-state index < -0.39 is 5.91 Å². The van der Waals surface area contributed by atoms with Crippen LogP contribution in [0.4, 0.5) is 0 Å². The Morgan fingerprint density at radius 2 is 2.33 bits per heavy atom. The maximum Gasteiger partial charge on any atom is 0.252 e. The van der Waals surface area contributed by atoms with E-state index >= 15 is 0 Å². The zero-order chi connectivity index (χ0) is 11.0. The number of fused-ring (bicyclic) bond motifs is 1. The molecule has 1 aliphatic rings. The lowest BCUT2D eigenvalue weighted by Crippen LogP contribution is -2.27. The highest BCUT2D eigenvalue weighted by Gasteiger charge is 2.23. The highest BCUT2D eigenvalue weighted by Crippen LogP contribution is 2.37. The highest BCUT2D eigenvalue weighted by atomic mass is 35.5. The molecule has 2 N–H and O–H groups in total. The summed E-state index contributed by atoms with van der Waals surface area (Å²) in [5.74, 6) is 0.270. The van der Waals surface area contributed by atoms with E-state index in [-0.39, 0.29) is 11.7 Å². The van der Waals surface area contributed by atoms with Crippen molar-refractivity contribution in [2.75, 3.05) is 6.61 Å². The van der Waals surface area contributed by atoms with E-state index in [0.717, 1.165) is 0 Å². The van der Waals surface area contributed by atoms with Crippen molar-refractivity contribution in [3.8, 4) is 11.5 Å². The van der Waals surface area contributed by atoms with Gasteiger partial charge in [-0.2, -0.15) is 0 Å². The van der Waals surface area contributed by atoms with Gasteiger partial charge in [0.2, 0.25) is 0 Å². The number of halogens is 1. The van der Waals surface area contributed by atoms with Crippen molar-refractivity contribution < 1.29 is 14.3 Å². The number of hydrogen-bond donors (Lipinski definition) is 1. The van der Waals surface area contributed by atoms with Crippen LogP contribution in [-0.2, 0) is 0 Å². The quantitative estimate of drug-likeness (QED) is 0.793.